The lowest BCUT2D eigenvalue weighted by atomic mass is 10.3. The van der Waals surface area contributed by atoms with Crippen molar-refractivity contribution in [2.45, 2.75) is 53.0 Å². The van der Waals surface area contributed by atoms with Crippen molar-refractivity contribution in [2.75, 3.05) is 58.3 Å². The fourth-order valence-corrected chi connectivity index (χ4v) is 3.35. The normalized spacial score (nSPS) is 14.4. The van der Waals surface area contributed by atoms with Gasteiger partial charge in [0.2, 0.25) is 0 Å². The molecule has 176 valence electrons. The summed E-state index contributed by atoms with van der Waals surface area (Å²) in [4.78, 5) is 26.0. The molecule has 1 aliphatic heterocycles. The first-order valence-electron chi connectivity index (χ1n) is 11.6. The molecule has 0 aromatic carbocycles. The number of nitrogens with one attached hydrogen (secondary N) is 2. The van der Waals surface area contributed by atoms with Crippen molar-refractivity contribution >= 4 is 17.0 Å². The molecule has 1 saturated heterocycles. The monoisotopic (exact) mass is 437 g/mol. The SMILES string of the molecule is CC.CCCCOc1nc(N)c2[nH]c(=O)n(CCCNCCCN3CCOCC3)c2n1. The first kappa shape index (κ1) is 25.1. The zero-order valence-electron chi connectivity index (χ0n) is 19.3. The van der Waals surface area contributed by atoms with Crippen molar-refractivity contribution < 1.29 is 9.47 Å². The van der Waals surface area contributed by atoms with Crippen LogP contribution in [0.15, 0.2) is 4.79 Å². The molecule has 10 heteroatoms. The molecule has 1 aliphatic rings. The van der Waals surface area contributed by atoms with E-state index in [1.165, 1.54) is 0 Å². The van der Waals surface area contributed by atoms with Crippen LogP contribution in [-0.4, -0.2) is 77.0 Å². The summed E-state index contributed by atoms with van der Waals surface area (Å²) in [5.41, 5.74) is 6.72. The number of aryl methyl sites for hydroxylation is 1. The van der Waals surface area contributed by atoms with E-state index in [0.717, 1.165) is 71.6 Å². The Balaban J connectivity index is 0.00000166. The van der Waals surface area contributed by atoms with Gasteiger partial charge in [0.25, 0.3) is 0 Å². The Morgan fingerprint density at radius 1 is 1.13 bits per heavy atom. The molecule has 0 saturated carbocycles. The predicted octanol–water partition coefficient (Wildman–Crippen LogP) is 1.61. The van der Waals surface area contributed by atoms with Crippen molar-refractivity contribution in [2.24, 2.45) is 0 Å². The fraction of sp³-hybridized carbons (Fsp3) is 0.762. The summed E-state index contributed by atoms with van der Waals surface area (Å²) in [5.74, 6) is 0.235. The second-order valence-corrected chi connectivity index (χ2v) is 7.28. The molecule has 31 heavy (non-hydrogen) atoms. The minimum atomic E-state index is -0.223. The summed E-state index contributed by atoms with van der Waals surface area (Å²) < 4.78 is 12.5. The highest BCUT2D eigenvalue weighted by molar-refractivity contribution is 5.81. The van der Waals surface area contributed by atoms with Gasteiger partial charge in [-0.05, 0) is 38.9 Å². The second-order valence-electron chi connectivity index (χ2n) is 7.28. The van der Waals surface area contributed by atoms with Crippen LogP contribution in [-0.2, 0) is 11.3 Å². The standard InChI is InChI=1S/C19H33N7O3.C2H6/c1-2-3-12-29-18-23-16(20)15-17(24-18)26(19(27)22-15)9-5-7-21-6-4-8-25-10-13-28-14-11-25;1-2/h21H,2-14H2,1H3,(H,22,27)(H2,20,23,24);1-2H3. The number of H-pyrrole nitrogens is 1. The van der Waals surface area contributed by atoms with Gasteiger partial charge in [-0.1, -0.05) is 27.2 Å². The Morgan fingerprint density at radius 2 is 1.84 bits per heavy atom. The van der Waals surface area contributed by atoms with Crippen molar-refractivity contribution in [3.63, 3.8) is 0 Å². The molecule has 1 fully saturated rings. The molecule has 0 unspecified atom stereocenters. The van der Waals surface area contributed by atoms with Crippen LogP contribution in [0.25, 0.3) is 11.2 Å². The van der Waals surface area contributed by atoms with E-state index < -0.39 is 0 Å². The largest absolute Gasteiger partial charge is 0.463 e. The summed E-state index contributed by atoms with van der Waals surface area (Å²) in [7, 11) is 0. The summed E-state index contributed by atoms with van der Waals surface area (Å²) in [6.45, 7) is 13.8. The van der Waals surface area contributed by atoms with Gasteiger partial charge in [0.1, 0.15) is 5.52 Å². The number of ether oxygens (including phenoxy) is 2. The predicted molar refractivity (Wildman–Crippen MR) is 124 cm³/mol. The zero-order valence-corrected chi connectivity index (χ0v) is 19.3. The Labute approximate surface area is 184 Å². The van der Waals surface area contributed by atoms with Crippen molar-refractivity contribution in [1.82, 2.24) is 29.7 Å². The summed E-state index contributed by atoms with van der Waals surface area (Å²) in [5, 5.41) is 3.45. The number of nitrogens with two attached hydrogens (primary N) is 1. The van der Waals surface area contributed by atoms with Crippen molar-refractivity contribution in [3.05, 3.63) is 10.5 Å². The number of rotatable bonds is 12. The zero-order chi connectivity index (χ0) is 22.5. The highest BCUT2D eigenvalue weighted by Gasteiger charge is 2.14. The average molecular weight is 438 g/mol. The minimum absolute atomic E-state index is 0.220. The lowest BCUT2D eigenvalue weighted by Crippen LogP contribution is -2.37. The third kappa shape index (κ3) is 7.79. The van der Waals surface area contributed by atoms with Gasteiger partial charge in [-0.3, -0.25) is 9.47 Å². The number of hydrogen-bond donors (Lipinski definition) is 3. The van der Waals surface area contributed by atoms with Crippen LogP contribution < -0.4 is 21.5 Å². The fourth-order valence-electron chi connectivity index (χ4n) is 3.35. The summed E-state index contributed by atoms with van der Waals surface area (Å²) in [6, 6.07) is 0.220. The van der Waals surface area contributed by atoms with E-state index >= 15 is 0 Å². The van der Waals surface area contributed by atoms with E-state index in [1.54, 1.807) is 4.57 Å². The number of aromatic amines is 1. The molecule has 4 N–H and O–H groups in total. The maximum atomic E-state index is 12.3. The van der Waals surface area contributed by atoms with Gasteiger partial charge < -0.3 is 25.5 Å². The average Bonchev–Trinajstić information content (AvgIpc) is 3.11. The van der Waals surface area contributed by atoms with Gasteiger partial charge in [0.15, 0.2) is 11.5 Å². The topological polar surface area (TPSA) is 123 Å². The third-order valence-electron chi connectivity index (χ3n) is 5.03. The molecule has 3 rings (SSSR count). The molecule has 3 heterocycles. The molecule has 0 spiro atoms. The van der Waals surface area contributed by atoms with Gasteiger partial charge in [-0.25, -0.2) is 4.79 Å². The number of fused-ring (bicyclic) bond motifs is 1. The molecule has 2 aromatic rings. The van der Waals surface area contributed by atoms with Crippen molar-refractivity contribution in [1.29, 1.82) is 0 Å². The number of hydrogen-bond acceptors (Lipinski definition) is 8. The van der Waals surface area contributed by atoms with E-state index in [9.17, 15) is 4.79 Å². The molecule has 0 amide bonds. The highest BCUT2D eigenvalue weighted by Crippen LogP contribution is 2.18. The lowest BCUT2D eigenvalue weighted by Gasteiger charge is -2.26. The number of morpholine rings is 1. The maximum absolute atomic E-state index is 12.3. The van der Waals surface area contributed by atoms with E-state index in [1.807, 2.05) is 13.8 Å². The van der Waals surface area contributed by atoms with Crippen LogP contribution >= 0.6 is 0 Å². The van der Waals surface area contributed by atoms with E-state index in [0.29, 0.717) is 24.3 Å². The van der Waals surface area contributed by atoms with Crippen LogP contribution in [0.4, 0.5) is 5.82 Å². The van der Waals surface area contributed by atoms with E-state index in [-0.39, 0.29) is 17.5 Å². The number of nitrogens with zero attached hydrogens (tertiary/aromatic N) is 4. The summed E-state index contributed by atoms with van der Waals surface area (Å²) >= 11 is 0. The third-order valence-corrected chi connectivity index (χ3v) is 5.03. The highest BCUT2D eigenvalue weighted by atomic mass is 16.5. The van der Waals surface area contributed by atoms with Crippen LogP contribution in [0, 0.1) is 0 Å². The number of unbranched alkanes of at least 4 members (excludes halogenated alkanes) is 1. The minimum Gasteiger partial charge on any atom is -0.463 e. The Kier molecular flexibility index (Phi) is 11.3. The molecule has 2 aromatic heterocycles. The quantitative estimate of drug-likeness (QED) is 0.428. The van der Waals surface area contributed by atoms with Crippen LogP contribution in [0.5, 0.6) is 6.01 Å². The molecule has 0 radical (unpaired) electrons. The first-order valence-corrected chi connectivity index (χ1v) is 11.6. The smallest absolute Gasteiger partial charge is 0.327 e. The van der Waals surface area contributed by atoms with Gasteiger partial charge in [-0.2, -0.15) is 9.97 Å². The van der Waals surface area contributed by atoms with E-state index in [2.05, 4.69) is 32.1 Å². The Bertz CT molecular complexity index is 815. The number of nitrogen functional groups attached to an aromatic ring is 1. The molecular formula is C21H39N7O3. The van der Waals surface area contributed by atoms with Crippen LogP contribution in [0.1, 0.15) is 46.5 Å². The Hall–Kier alpha value is -2.17. The summed E-state index contributed by atoms with van der Waals surface area (Å²) in [6.07, 6.45) is 3.86. The first-order chi connectivity index (χ1) is 15.2. The van der Waals surface area contributed by atoms with Crippen molar-refractivity contribution in [3.8, 4) is 6.01 Å². The molecule has 0 aliphatic carbocycles. The van der Waals surface area contributed by atoms with Gasteiger partial charge >= 0.3 is 11.7 Å². The maximum Gasteiger partial charge on any atom is 0.327 e. The number of imidazole rings is 1. The van der Waals surface area contributed by atoms with Gasteiger partial charge in [0, 0.05) is 19.6 Å². The molecule has 0 atom stereocenters. The van der Waals surface area contributed by atoms with Crippen LogP contribution in [0.2, 0.25) is 0 Å². The van der Waals surface area contributed by atoms with E-state index in [4.69, 9.17) is 15.2 Å². The molecule has 10 nitrogen and oxygen atoms in total. The molecular weight excluding hydrogens is 398 g/mol. The second kappa shape index (κ2) is 14.0. The lowest BCUT2D eigenvalue weighted by molar-refractivity contribution is 0.0374. The van der Waals surface area contributed by atoms with Crippen LogP contribution in [0.3, 0.4) is 0 Å². The Morgan fingerprint density at radius 3 is 2.55 bits per heavy atom. The van der Waals surface area contributed by atoms with Gasteiger partial charge in [-0.15, -0.1) is 0 Å². The molecule has 0 bridgehead atoms. The number of anilines is 1. The number of aromatic nitrogens is 4. The van der Waals surface area contributed by atoms with Gasteiger partial charge in [0.05, 0.1) is 19.8 Å².